The first-order chi connectivity index (χ1) is 13.0. The number of hydrogen-bond donors (Lipinski definition) is 1. The third-order valence-electron chi connectivity index (χ3n) is 4.68. The molecule has 0 spiro atoms. The Morgan fingerprint density at radius 2 is 2.15 bits per heavy atom. The molecule has 1 amide bonds. The number of H-pyrrole nitrogens is 1. The molecule has 0 bridgehead atoms. The van der Waals surface area contributed by atoms with Crippen LogP contribution in [-0.2, 0) is 11.2 Å². The first-order valence-corrected chi connectivity index (χ1v) is 9.64. The fourth-order valence-electron chi connectivity index (χ4n) is 2.89. The summed E-state index contributed by atoms with van der Waals surface area (Å²) < 4.78 is 0. The van der Waals surface area contributed by atoms with Gasteiger partial charge in [-0.1, -0.05) is 6.07 Å². The number of nitrogens with zero attached hydrogens (tertiary/aromatic N) is 3. The Hall–Kier alpha value is -2.80. The second-order valence-corrected chi connectivity index (χ2v) is 7.40. The molecule has 27 heavy (non-hydrogen) atoms. The van der Waals surface area contributed by atoms with Crippen molar-refractivity contribution in [3.05, 3.63) is 68.5 Å². The molecule has 0 radical (unpaired) electrons. The molecule has 1 atom stereocenters. The number of thiophene rings is 1. The second kappa shape index (κ2) is 8.26. The van der Waals surface area contributed by atoms with Gasteiger partial charge in [0.2, 0.25) is 5.91 Å². The molecule has 0 aromatic carbocycles. The SMILES string of the molecule is Cc1nc(-c2cccnc2)[nH]c(=O)c1CCC(=O)N(C)C(C)c1cccs1. The predicted octanol–water partition coefficient (Wildman–Crippen LogP) is 3.35. The van der Waals surface area contributed by atoms with E-state index in [-0.39, 0.29) is 23.9 Å². The number of rotatable bonds is 6. The highest BCUT2D eigenvalue weighted by atomic mass is 32.1. The minimum atomic E-state index is -0.205. The summed E-state index contributed by atoms with van der Waals surface area (Å²) in [6.45, 7) is 3.80. The van der Waals surface area contributed by atoms with Crippen LogP contribution in [0.5, 0.6) is 0 Å². The Bertz CT molecular complexity index is 967. The third-order valence-corrected chi connectivity index (χ3v) is 5.72. The number of aryl methyl sites for hydroxylation is 1. The van der Waals surface area contributed by atoms with Gasteiger partial charge in [-0.25, -0.2) is 4.98 Å². The molecule has 6 nitrogen and oxygen atoms in total. The molecule has 3 aromatic rings. The Labute approximate surface area is 161 Å². The standard InChI is InChI=1S/C20H22N4O2S/c1-13-16(20(26)23-19(22-13)15-6-4-10-21-12-15)8-9-18(25)24(3)14(2)17-7-5-11-27-17/h4-7,10-12,14H,8-9H2,1-3H3,(H,22,23,26). The monoisotopic (exact) mass is 382 g/mol. The fraction of sp³-hybridized carbons (Fsp3) is 0.300. The van der Waals surface area contributed by atoms with Crippen molar-refractivity contribution in [3.63, 3.8) is 0 Å². The summed E-state index contributed by atoms with van der Waals surface area (Å²) >= 11 is 1.63. The van der Waals surface area contributed by atoms with Crippen LogP contribution in [0, 0.1) is 6.92 Å². The van der Waals surface area contributed by atoms with Gasteiger partial charge < -0.3 is 9.88 Å². The highest BCUT2D eigenvalue weighted by molar-refractivity contribution is 7.10. The van der Waals surface area contributed by atoms with Crippen molar-refractivity contribution in [1.82, 2.24) is 19.9 Å². The van der Waals surface area contributed by atoms with Gasteiger partial charge in [0.05, 0.1) is 6.04 Å². The van der Waals surface area contributed by atoms with Gasteiger partial charge in [0.15, 0.2) is 0 Å². The van der Waals surface area contributed by atoms with Crippen LogP contribution in [-0.4, -0.2) is 32.8 Å². The molecule has 1 unspecified atom stereocenters. The van der Waals surface area contributed by atoms with Crippen molar-refractivity contribution in [3.8, 4) is 11.4 Å². The molecule has 0 saturated heterocycles. The predicted molar refractivity (Wildman–Crippen MR) is 107 cm³/mol. The maximum Gasteiger partial charge on any atom is 0.254 e. The molecule has 3 heterocycles. The van der Waals surface area contributed by atoms with Gasteiger partial charge in [-0.2, -0.15) is 0 Å². The lowest BCUT2D eigenvalue weighted by Crippen LogP contribution is -2.30. The zero-order chi connectivity index (χ0) is 19.4. The van der Waals surface area contributed by atoms with Crippen LogP contribution < -0.4 is 5.56 Å². The summed E-state index contributed by atoms with van der Waals surface area (Å²) in [4.78, 5) is 39.3. The summed E-state index contributed by atoms with van der Waals surface area (Å²) in [5, 5.41) is 2.00. The maximum absolute atomic E-state index is 12.6. The molecule has 3 rings (SSSR count). The van der Waals surface area contributed by atoms with Crippen LogP contribution in [0.25, 0.3) is 11.4 Å². The first-order valence-electron chi connectivity index (χ1n) is 8.76. The van der Waals surface area contributed by atoms with Gasteiger partial charge in [0, 0.05) is 47.6 Å². The normalized spacial score (nSPS) is 12.0. The second-order valence-electron chi connectivity index (χ2n) is 6.42. The lowest BCUT2D eigenvalue weighted by molar-refractivity contribution is -0.131. The van der Waals surface area contributed by atoms with Gasteiger partial charge in [-0.15, -0.1) is 11.3 Å². The van der Waals surface area contributed by atoms with E-state index in [4.69, 9.17) is 0 Å². The lowest BCUT2D eigenvalue weighted by atomic mass is 10.1. The van der Waals surface area contributed by atoms with Crippen molar-refractivity contribution in [2.75, 3.05) is 7.05 Å². The molecule has 3 aromatic heterocycles. The summed E-state index contributed by atoms with van der Waals surface area (Å²) in [5.41, 5.74) is 1.74. The molecule has 0 aliphatic heterocycles. The molecular formula is C20H22N4O2S. The summed E-state index contributed by atoms with van der Waals surface area (Å²) in [6, 6.07) is 7.65. The van der Waals surface area contributed by atoms with Gasteiger partial charge in [0.1, 0.15) is 5.82 Å². The quantitative estimate of drug-likeness (QED) is 0.709. The average molecular weight is 382 g/mol. The third kappa shape index (κ3) is 4.31. The number of aromatic nitrogens is 3. The Morgan fingerprint density at radius 3 is 2.78 bits per heavy atom. The Balaban J connectivity index is 1.71. The average Bonchev–Trinajstić information content (AvgIpc) is 3.21. The number of amides is 1. The number of pyridine rings is 1. The van der Waals surface area contributed by atoms with Gasteiger partial charge in [0.25, 0.3) is 5.56 Å². The topological polar surface area (TPSA) is 79.0 Å². The largest absolute Gasteiger partial charge is 0.338 e. The number of hydrogen-bond acceptors (Lipinski definition) is 5. The van der Waals surface area contributed by atoms with Crippen molar-refractivity contribution >= 4 is 17.2 Å². The van der Waals surface area contributed by atoms with E-state index < -0.39 is 0 Å². The smallest absolute Gasteiger partial charge is 0.254 e. The maximum atomic E-state index is 12.6. The molecule has 0 aliphatic rings. The van der Waals surface area contributed by atoms with E-state index >= 15 is 0 Å². The van der Waals surface area contributed by atoms with Crippen LogP contribution in [0.4, 0.5) is 0 Å². The van der Waals surface area contributed by atoms with E-state index in [1.165, 1.54) is 0 Å². The number of carbonyl (C=O) groups is 1. The van der Waals surface area contributed by atoms with E-state index in [2.05, 4.69) is 15.0 Å². The summed E-state index contributed by atoms with van der Waals surface area (Å²) in [7, 11) is 1.80. The van der Waals surface area contributed by atoms with Crippen LogP contribution >= 0.6 is 11.3 Å². The summed E-state index contributed by atoms with van der Waals surface area (Å²) in [5.74, 6) is 0.496. The molecule has 0 aliphatic carbocycles. The highest BCUT2D eigenvalue weighted by Gasteiger charge is 2.19. The van der Waals surface area contributed by atoms with Crippen molar-refractivity contribution < 1.29 is 4.79 Å². The minimum Gasteiger partial charge on any atom is -0.338 e. The molecule has 0 saturated carbocycles. The van der Waals surface area contributed by atoms with Crippen molar-refractivity contribution in [2.24, 2.45) is 0 Å². The Kier molecular flexibility index (Phi) is 5.81. The van der Waals surface area contributed by atoms with Crippen LogP contribution in [0.15, 0.2) is 46.8 Å². The van der Waals surface area contributed by atoms with Gasteiger partial charge >= 0.3 is 0 Å². The van der Waals surface area contributed by atoms with Crippen LogP contribution in [0.3, 0.4) is 0 Å². The number of aromatic amines is 1. The molecular weight excluding hydrogens is 360 g/mol. The fourth-order valence-corrected chi connectivity index (χ4v) is 3.71. The molecule has 140 valence electrons. The van der Waals surface area contributed by atoms with E-state index in [0.717, 1.165) is 10.4 Å². The molecule has 1 N–H and O–H groups in total. The zero-order valence-corrected chi connectivity index (χ0v) is 16.4. The van der Waals surface area contributed by atoms with Crippen molar-refractivity contribution in [2.45, 2.75) is 32.7 Å². The zero-order valence-electron chi connectivity index (χ0n) is 15.6. The lowest BCUT2D eigenvalue weighted by Gasteiger charge is -2.24. The van der Waals surface area contributed by atoms with Crippen LogP contribution in [0.1, 0.15) is 35.5 Å². The van der Waals surface area contributed by atoms with E-state index in [1.54, 1.807) is 48.7 Å². The number of carbonyl (C=O) groups excluding carboxylic acids is 1. The van der Waals surface area contributed by atoms with E-state index in [0.29, 0.717) is 23.5 Å². The minimum absolute atomic E-state index is 0.00559. The van der Waals surface area contributed by atoms with E-state index in [1.807, 2.05) is 30.5 Å². The van der Waals surface area contributed by atoms with Gasteiger partial charge in [-0.05, 0) is 43.8 Å². The molecule has 0 fully saturated rings. The molecule has 7 heteroatoms. The van der Waals surface area contributed by atoms with E-state index in [9.17, 15) is 9.59 Å². The van der Waals surface area contributed by atoms with Gasteiger partial charge in [-0.3, -0.25) is 14.6 Å². The van der Waals surface area contributed by atoms with Crippen LogP contribution in [0.2, 0.25) is 0 Å². The highest BCUT2D eigenvalue weighted by Crippen LogP contribution is 2.24. The van der Waals surface area contributed by atoms with Crippen molar-refractivity contribution in [1.29, 1.82) is 0 Å². The summed E-state index contributed by atoms with van der Waals surface area (Å²) in [6.07, 6.45) is 3.95. The number of nitrogens with one attached hydrogen (secondary N) is 1. The Morgan fingerprint density at radius 1 is 1.33 bits per heavy atom. The first kappa shape index (κ1) is 19.0.